The smallest absolute Gasteiger partial charge is 0.395 e. The third-order valence-electron chi connectivity index (χ3n) is 4.12. The van der Waals surface area contributed by atoms with Gasteiger partial charge in [0.25, 0.3) is 0 Å². The zero-order valence-electron chi connectivity index (χ0n) is 12.8. The van der Waals surface area contributed by atoms with E-state index in [0.717, 1.165) is 0 Å². The van der Waals surface area contributed by atoms with E-state index in [9.17, 15) is 18.0 Å². The van der Waals surface area contributed by atoms with Crippen molar-refractivity contribution in [2.45, 2.75) is 18.5 Å². The number of benzene rings is 1. The van der Waals surface area contributed by atoms with E-state index in [2.05, 4.69) is 0 Å². The fourth-order valence-electron chi connectivity index (χ4n) is 2.77. The second-order valence-electron chi connectivity index (χ2n) is 5.66. The van der Waals surface area contributed by atoms with E-state index in [4.69, 9.17) is 5.11 Å². The summed E-state index contributed by atoms with van der Waals surface area (Å²) in [7, 11) is 0. The van der Waals surface area contributed by atoms with Crippen LogP contribution in [-0.2, 0) is 4.79 Å². The second kappa shape index (κ2) is 7.79. The second-order valence-corrected chi connectivity index (χ2v) is 5.66. The predicted molar refractivity (Wildman–Crippen MR) is 80.0 cm³/mol. The number of carbonyl (C=O) groups excluding carboxylic acids is 1. The molecule has 0 bridgehead atoms. The van der Waals surface area contributed by atoms with Gasteiger partial charge in [-0.1, -0.05) is 30.3 Å². The van der Waals surface area contributed by atoms with Gasteiger partial charge in [0.15, 0.2) is 0 Å². The van der Waals surface area contributed by atoms with Crippen LogP contribution in [0.3, 0.4) is 0 Å². The summed E-state index contributed by atoms with van der Waals surface area (Å²) < 4.78 is 39.9. The maximum absolute atomic E-state index is 13.3. The summed E-state index contributed by atoms with van der Waals surface area (Å²) in [6.45, 7) is 2.52. The highest BCUT2D eigenvalue weighted by Crippen LogP contribution is 2.37. The third kappa shape index (κ3) is 4.94. The van der Waals surface area contributed by atoms with Gasteiger partial charge in [0.1, 0.15) is 0 Å². The van der Waals surface area contributed by atoms with Crippen molar-refractivity contribution in [3.63, 3.8) is 0 Å². The Morgan fingerprint density at radius 1 is 1.13 bits per heavy atom. The van der Waals surface area contributed by atoms with Crippen LogP contribution >= 0.6 is 0 Å². The molecule has 2 rings (SSSR count). The molecule has 0 aromatic heterocycles. The number of amides is 1. The Balaban J connectivity index is 1.99. The molecule has 4 nitrogen and oxygen atoms in total. The fourth-order valence-corrected chi connectivity index (χ4v) is 2.77. The maximum Gasteiger partial charge on any atom is 0.396 e. The van der Waals surface area contributed by atoms with Gasteiger partial charge in [-0.3, -0.25) is 9.69 Å². The van der Waals surface area contributed by atoms with E-state index in [1.807, 2.05) is 4.90 Å². The van der Waals surface area contributed by atoms with Gasteiger partial charge in [0.2, 0.25) is 5.91 Å². The molecule has 1 unspecified atom stereocenters. The molecule has 7 heteroatoms. The van der Waals surface area contributed by atoms with Crippen molar-refractivity contribution in [2.75, 3.05) is 39.3 Å². The molecule has 1 N–H and O–H groups in total. The number of nitrogens with zero attached hydrogens (tertiary/aromatic N) is 2. The van der Waals surface area contributed by atoms with Gasteiger partial charge in [-0.25, -0.2) is 0 Å². The van der Waals surface area contributed by atoms with Crippen molar-refractivity contribution in [3.8, 4) is 0 Å². The molecule has 1 aromatic rings. The molecule has 1 atom stereocenters. The Bertz CT molecular complexity index is 500. The summed E-state index contributed by atoms with van der Waals surface area (Å²) in [5.41, 5.74) is 0.118. The maximum atomic E-state index is 13.3. The molecule has 1 fully saturated rings. The number of hydrogen-bond donors (Lipinski definition) is 1. The molecule has 1 amide bonds. The van der Waals surface area contributed by atoms with Gasteiger partial charge in [0, 0.05) is 39.1 Å². The van der Waals surface area contributed by atoms with Crippen LogP contribution in [0.1, 0.15) is 17.9 Å². The van der Waals surface area contributed by atoms with Gasteiger partial charge in [0.05, 0.1) is 12.5 Å². The normalized spacial score (nSPS) is 18.0. The summed E-state index contributed by atoms with van der Waals surface area (Å²) in [6, 6.07) is 7.56. The standard InChI is InChI=1S/C16H21F3N2O2/c17-16(18,19)14(13-4-2-1-3-5-13)12-15(23)21-8-6-20(7-9-21)10-11-22/h1-5,14,22H,6-12H2. The van der Waals surface area contributed by atoms with E-state index in [0.29, 0.717) is 32.7 Å². The van der Waals surface area contributed by atoms with Crippen molar-refractivity contribution >= 4 is 5.91 Å². The Morgan fingerprint density at radius 2 is 1.74 bits per heavy atom. The summed E-state index contributed by atoms with van der Waals surface area (Å²) in [5.74, 6) is -2.24. The topological polar surface area (TPSA) is 43.8 Å². The first-order chi connectivity index (χ1) is 10.9. The summed E-state index contributed by atoms with van der Waals surface area (Å²) in [6.07, 6.45) is -5.01. The number of halogens is 3. The molecule has 0 aliphatic carbocycles. The lowest BCUT2D eigenvalue weighted by molar-refractivity contribution is -0.161. The van der Waals surface area contributed by atoms with E-state index in [1.54, 1.807) is 18.2 Å². The van der Waals surface area contributed by atoms with E-state index < -0.39 is 24.4 Å². The monoisotopic (exact) mass is 330 g/mol. The van der Waals surface area contributed by atoms with Gasteiger partial charge in [-0.2, -0.15) is 13.2 Å². The molecule has 0 radical (unpaired) electrons. The minimum absolute atomic E-state index is 0.0398. The van der Waals surface area contributed by atoms with Crippen LogP contribution in [0.25, 0.3) is 0 Å². The van der Waals surface area contributed by atoms with Crippen molar-refractivity contribution in [1.29, 1.82) is 0 Å². The number of carbonyl (C=O) groups is 1. The Hall–Kier alpha value is -1.60. The number of aliphatic hydroxyl groups is 1. The summed E-state index contributed by atoms with van der Waals surface area (Å²) in [5, 5.41) is 8.88. The quantitative estimate of drug-likeness (QED) is 0.896. The largest absolute Gasteiger partial charge is 0.396 e. The van der Waals surface area contributed by atoms with Gasteiger partial charge < -0.3 is 10.0 Å². The molecular weight excluding hydrogens is 309 g/mol. The van der Waals surface area contributed by atoms with Crippen LogP contribution in [0.4, 0.5) is 13.2 Å². The highest BCUT2D eigenvalue weighted by molar-refractivity contribution is 5.77. The number of β-amino-alcohol motifs (C(OH)–C–C–N with tert-alkyl or cyclic N) is 1. The Morgan fingerprint density at radius 3 is 2.26 bits per heavy atom. The van der Waals surface area contributed by atoms with Crippen LogP contribution in [-0.4, -0.2) is 66.3 Å². The Labute approximate surface area is 133 Å². The van der Waals surface area contributed by atoms with Gasteiger partial charge in [-0.05, 0) is 5.56 Å². The van der Waals surface area contributed by atoms with Crippen molar-refractivity contribution in [1.82, 2.24) is 9.80 Å². The van der Waals surface area contributed by atoms with Crippen molar-refractivity contribution < 1.29 is 23.1 Å². The minimum Gasteiger partial charge on any atom is -0.395 e. The average Bonchev–Trinajstić information content (AvgIpc) is 2.53. The van der Waals surface area contributed by atoms with E-state index in [1.165, 1.54) is 17.0 Å². The molecule has 1 saturated heterocycles. The first kappa shape index (κ1) is 17.7. The number of rotatable bonds is 5. The lowest BCUT2D eigenvalue weighted by Crippen LogP contribution is -2.49. The average molecular weight is 330 g/mol. The number of hydrogen-bond acceptors (Lipinski definition) is 3. The molecule has 0 saturated carbocycles. The molecular formula is C16H21F3N2O2. The highest BCUT2D eigenvalue weighted by Gasteiger charge is 2.42. The van der Waals surface area contributed by atoms with Crippen molar-refractivity contribution in [3.05, 3.63) is 35.9 Å². The van der Waals surface area contributed by atoms with Gasteiger partial charge in [-0.15, -0.1) is 0 Å². The predicted octanol–water partition coefficient (Wildman–Crippen LogP) is 1.86. The molecule has 1 aliphatic heterocycles. The van der Waals surface area contributed by atoms with Crippen LogP contribution in [0.2, 0.25) is 0 Å². The molecule has 1 aromatic carbocycles. The van der Waals surface area contributed by atoms with Crippen LogP contribution in [0.15, 0.2) is 30.3 Å². The Kier molecular flexibility index (Phi) is 6.01. The molecule has 1 heterocycles. The first-order valence-corrected chi connectivity index (χ1v) is 7.64. The lowest BCUT2D eigenvalue weighted by atomic mass is 9.94. The van der Waals surface area contributed by atoms with Crippen LogP contribution in [0.5, 0.6) is 0 Å². The number of alkyl halides is 3. The zero-order valence-corrected chi connectivity index (χ0v) is 12.8. The van der Waals surface area contributed by atoms with E-state index >= 15 is 0 Å². The van der Waals surface area contributed by atoms with Crippen LogP contribution in [0, 0.1) is 0 Å². The third-order valence-corrected chi connectivity index (χ3v) is 4.12. The zero-order chi connectivity index (χ0) is 16.9. The first-order valence-electron chi connectivity index (χ1n) is 7.64. The SMILES string of the molecule is O=C(CC(c1ccccc1)C(F)(F)F)N1CCN(CCO)CC1. The summed E-state index contributed by atoms with van der Waals surface area (Å²) >= 11 is 0. The lowest BCUT2D eigenvalue weighted by Gasteiger charge is -2.35. The molecule has 23 heavy (non-hydrogen) atoms. The number of piperazine rings is 1. The van der Waals surface area contributed by atoms with Crippen molar-refractivity contribution in [2.24, 2.45) is 0 Å². The fraction of sp³-hybridized carbons (Fsp3) is 0.562. The van der Waals surface area contributed by atoms with Gasteiger partial charge >= 0.3 is 6.18 Å². The molecule has 128 valence electrons. The minimum atomic E-state index is -4.45. The summed E-state index contributed by atoms with van der Waals surface area (Å²) in [4.78, 5) is 15.7. The van der Waals surface area contributed by atoms with E-state index in [-0.39, 0.29) is 12.2 Å². The highest BCUT2D eigenvalue weighted by atomic mass is 19.4. The molecule has 0 spiro atoms. The van der Waals surface area contributed by atoms with Crippen LogP contribution < -0.4 is 0 Å². The molecule has 1 aliphatic rings. The number of aliphatic hydroxyl groups excluding tert-OH is 1.